The van der Waals surface area contributed by atoms with Gasteiger partial charge >= 0.3 is 0 Å². The second-order valence-corrected chi connectivity index (χ2v) is 3.76. The zero-order valence-corrected chi connectivity index (χ0v) is 8.44. The number of carbonyl (C=O) groups is 1. The van der Waals surface area contributed by atoms with Gasteiger partial charge in [0.2, 0.25) is 5.91 Å². The summed E-state index contributed by atoms with van der Waals surface area (Å²) in [6, 6.07) is 0. The quantitative estimate of drug-likeness (QED) is 0.577. The summed E-state index contributed by atoms with van der Waals surface area (Å²) in [4.78, 5) is 11.1. The Hall–Kier alpha value is -0.570. The minimum atomic E-state index is 0.123. The van der Waals surface area contributed by atoms with Gasteiger partial charge < -0.3 is 10.6 Å². The fourth-order valence-corrected chi connectivity index (χ4v) is 1.24. The Morgan fingerprint density at radius 2 is 2.15 bits per heavy atom. The molecule has 0 bridgehead atoms. The molecule has 0 heterocycles. The maximum Gasteiger partial charge on any atom is 0.233 e. The van der Waals surface area contributed by atoms with Gasteiger partial charge in [0.15, 0.2) is 0 Å². The summed E-state index contributed by atoms with van der Waals surface area (Å²) >= 11 is 0. The lowest BCUT2D eigenvalue weighted by Gasteiger charge is -2.04. The summed E-state index contributed by atoms with van der Waals surface area (Å²) in [5, 5.41) is 5.99. The van der Waals surface area contributed by atoms with Crippen LogP contribution in [0, 0.1) is 5.92 Å². The molecule has 0 aliphatic heterocycles. The molecule has 1 rings (SSSR count). The van der Waals surface area contributed by atoms with Gasteiger partial charge in [0.05, 0.1) is 6.54 Å². The molecule has 0 spiro atoms. The first kappa shape index (κ1) is 10.5. The molecule has 1 aliphatic rings. The van der Waals surface area contributed by atoms with Crippen molar-refractivity contribution in [3.63, 3.8) is 0 Å². The first-order valence-electron chi connectivity index (χ1n) is 5.30. The molecule has 1 saturated carbocycles. The number of amides is 1. The molecule has 0 unspecified atom stereocenters. The number of carbonyl (C=O) groups excluding carboxylic acids is 1. The summed E-state index contributed by atoms with van der Waals surface area (Å²) in [7, 11) is 0. The Morgan fingerprint density at radius 1 is 1.38 bits per heavy atom. The summed E-state index contributed by atoms with van der Waals surface area (Å²) in [6.45, 7) is 4.32. The highest BCUT2D eigenvalue weighted by Gasteiger charge is 2.19. The molecule has 3 heteroatoms. The Labute approximate surface area is 80.3 Å². The fraction of sp³-hybridized carbons (Fsp3) is 0.900. The van der Waals surface area contributed by atoms with Crippen LogP contribution in [0.5, 0.6) is 0 Å². The Morgan fingerprint density at radius 3 is 2.77 bits per heavy atom. The first-order chi connectivity index (χ1) is 6.33. The largest absolute Gasteiger partial charge is 0.355 e. The molecule has 1 fully saturated rings. The summed E-state index contributed by atoms with van der Waals surface area (Å²) in [5.41, 5.74) is 0. The smallest absolute Gasteiger partial charge is 0.233 e. The Bertz CT molecular complexity index is 155. The maximum absolute atomic E-state index is 11.1. The third kappa shape index (κ3) is 5.64. The normalized spacial score (nSPS) is 15.8. The van der Waals surface area contributed by atoms with Crippen molar-refractivity contribution in [3.8, 4) is 0 Å². The van der Waals surface area contributed by atoms with Gasteiger partial charge in [-0.25, -0.2) is 0 Å². The third-order valence-electron chi connectivity index (χ3n) is 2.28. The predicted molar refractivity (Wildman–Crippen MR) is 53.5 cm³/mol. The SMILES string of the molecule is CCCNC(=O)CNCCC1CC1. The molecule has 0 atom stereocenters. The number of nitrogens with one attached hydrogen (secondary N) is 2. The van der Waals surface area contributed by atoms with Crippen molar-refractivity contribution in [3.05, 3.63) is 0 Å². The van der Waals surface area contributed by atoms with Gasteiger partial charge in [0, 0.05) is 6.54 Å². The van der Waals surface area contributed by atoms with Crippen LogP contribution in [0.3, 0.4) is 0 Å². The fourth-order valence-electron chi connectivity index (χ4n) is 1.24. The van der Waals surface area contributed by atoms with Crippen molar-refractivity contribution >= 4 is 5.91 Å². The molecule has 1 aliphatic carbocycles. The van der Waals surface area contributed by atoms with E-state index in [-0.39, 0.29) is 5.91 Å². The monoisotopic (exact) mass is 184 g/mol. The lowest BCUT2D eigenvalue weighted by atomic mass is 10.3. The second kappa shape index (κ2) is 5.97. The van der Waals surface area contributed by atoms with Crippen LogP contribution < -0.4 is 10.6 Å². The van der Waals surface area contributed by atoms with Crippen molar-refractivity contribution in [2.45, 2.75) is 32.6 Å². The van der Waals surface area contributed by atoms with Crippen molar-refractivity contribution in [2.75, 3.05) is 19.6 Å². The molecule has 0 saturated heterocycles. The van der Waals surface area contributed by atoms with E-state index in [2.05, 4.69) is 17.6 Å². The molecule has 1 amide bonds. The van der Waals surface area contributed by atoms with Crippen LogP contribution in [-0.4, -0.2) is 25.5 Å². The molecule has 0 aromatic carbocycles. The standard InChI is InChI=1S/C10H20N2O/c1-2-6-12-10(13)8-11-7-5-9-3-4-9/h9,11H,2-8H2,1H3,(H,12,13). The maximum atomic E-state index is 11.1. The van der Waals surface area contributed by atoms with E-state index in [1.54, 1.807) is 0 Å². The van der Waals surface area contributed by atoms with Crippen LogP contribution in [0.2, 0.25) is 0 Å². The number of hydrogen-bond acceptors (Lipinski definition) is 2. The van der Waals surface area contributed by atoms with Crippen molar-refractivity contribution in [2.24, 2.45) is 5.92 Å². The van der Waals surface area contributed by atoms with Crippen LogP contribution in [0.4, 0.5) is 0 Å². The topological polar surface area (TPSA) is 41.1 Å². The lowest BCUT2D eigenvalue weighted by molar-refractivity contribution is -0.120. The van der Waals surface area contributed by atoms with E-state index >= 15 is 0 Å². The van der Waals surface area contributed by atoms with Gasteiger partial charge in [-0.3, -0.25) is 4.79 Å². The van der Waals surface area contributed by atoms with Gasteiger partial charge in [0.25, 0.3) is 0 Å². The molecule has 3 nitrogen and oxygen atoms in total. The molecular weight excluding hydrogens is 164 g/mol. The average molecular weight is 184 g/mol. The van der Waals surface area contributed by atoms with Crippen molar-refractivity contribution < 1.29 is 4.79 Å². The van der Waals surface area contributed by atoms with E-state index in [1.807, 2.05) is 0 Å². The average Bonchev–Trinajstić information content (AvgIpc) is 2.92. The van der Waals surface area contributed by atoms with Crippen LogP contribution >= 0.6 is 0 Å². The minimum absolute atomic E-state index is 0.123. The summed E-state index contributed by atoms with van der Waals surface area (Å²) in [5.74, 6) is 1.07. The predicted octanol–water partition coefficient (Wildman–Crippen LogP) is 0.902. The molecule has 76 valence electrons. The lowest BCUT2D eigenvalue weighted by Crippen LogP contribution is -2.34. The molecule has 0 aromatic rings. The van der Waals surface area contributed by atoms with E-state index in [0.717, 1.165) is 25.4 Å². The highest BCUT2D eigenvalue weighted by molar-refractivity contribution is 5.77. The van der Waals surface area contributed by atoms with Gasteiger partial charge in [-0.15, -0.1) is 0 Å². The zero-order valence-electron chi connectivity index (χ0n) is 8.44. The van der Waals surface area contributed by atoms with E-state index in [9.17, 15) is 4.79 Å². The number of rotatable bonds is 7. The molecule has 0 radical (unpaired) electrons. The minimum Gasteiger partial charge on any atom is -0.355 e. The van der Waals surface area contributed by atoms with Gasteiger partial charge in [-0.05, 0) is 25.3 Å². The van der Waals surface area contributed by atoms with E-state index in [4.69, 9.17) is 0 Å². The van der Waals surface area contributed by atoms with Gasteiger partial charge in [0.1, 0.15) is 0 Å². The summed E-state index contributed by atoms with van der Waals surface area (Å²) in [6.07, 6.45) is 5.03. The van der Waals surface area contributed by atoms with Gasteiger partial charge in [-0.1, -0.05) is 19.8 Å². The molecule has 2 N–H and O–H groups in total. The molecule has 13 heavy (non-hydrogen) atoms. The van der Waals surface area contributed by atoms with Crippen molar-refractivity contribution in [1.29, 1.82) is 0 Å². The Kier molecular flexibility index (Phi) is 4.83. The first-order valence-corrected chi connectivity index (χ1v) is 5.30. The highest BCUT2D eigenvalue weighted by Crippen LogP contribution is 2.31. The van der Waals surface area contributed by atoms with E-state index < -0.39 is 0 Å². The van der Waals surface area contributed by atoms with Crippen LogP contribution in [0.25, 0.3) is 0 Å². The van der Waals surface area contributed by atoms with Crippen LogP contribution in [0.15, 0.2) is 0 Å². The molecule has 0 aromatic heterocycles. The second-order valence-electron chi connectivity index (χ2n) is 3.76. The third-order valence-corrected chi connectivity index (χ3v) is 2.28. The van der Waals surface area contributed by atoms with Crippen LogP contribution in [-0.2, 0) is 4.79 Å². The summed E-state index contributed by atoms with van der Waals surface area (Å²) < 4.78 is 0. The zero-order chi connectivity index (χ0) is 9.52. The number of hydrogen-bond donors (Lipinski definition) is 2. The van der Waals surface area contributed by atoms with Gasteiger partial charge in [-0.2, -0.15) is 0 Å². The Balaban J connectivity index is 1.82. The molecular formula is C10H20N2O. The van der Waals surface area contributed by atoms with Crippen molar-refractivity contribution in [1.82, 2.24) is 10.6 Å². The van der Waals surface area contributed by atoms with Crippen LogP contribution in [0.1, 0.15) is 32.6 Å². The van der Waals surface area contributed by atoms with E-state index in [0.29, 0.717) is 6.54 Å². The highest BCUT2D eigenvalue weighted by atomic mass is 16.1. The van der Waals surface area contributed by atoms with E-state index in [1.165, 1.54) is 19.3 Å².